The first-order valence-electron chi connectivity index (χ1n) is 19.9. The number of esters is 1. The predicted octanol–water partition coefficient (Wildman–Crippen LogP) is 12.3. The molecule has 0 atom stereocenters. The van der Waals surface area contributed by atoms with Crippen molar-refractivity contribution in [1.29, 1.82) is 0 Å². The maximum atomic E-state index is 13.0. The summed E-state index contributed by atoms with van der Waals surface area (Å²) in [6.45, 7) is 0.633. The van der Waals surface area contributed by atoms with Crippen molar-refractivity contribution in [3.8, 4) is 17.1 Å². The molecule has 0 spiro atoms. The molecule has 5 aromatic rings. The van der Waals surface area contributed by atoms with Crippen molar-refractivity contribution in [1.82, 2.24) is 15.0 Å². The Balaban J connectivity index is 0.920. The number of hydrogen-bond acceptors (Lipinski definition) is 9. The smallest absolute Gasteiger partial charge is 0.311 e. The lowest BCUT2D eigenvalue weighted by molar-refractivity contribution is -0.134. The van der Waals surface area contributed by atoms with Crippen molar-refractivity contribution in [2.24, 2.45) is 0 Å². The number of nitrogens with one attached hydrogen (secondary N) is 1. The van der Waals surface area contributed by atoms with Gasteiger partial charge in [0.05, 0.1) is 0 Å². The molecule has 6 rings (SSSR count). The second kappa shape index (κ2) is 21.7. The largest absolute Gasteiger partial charge is 0.427 e. The number of carbonyl (C=O) groups excluding carboxylic acids is 3. The van der Waals surface area contributed by atoms with E-state index in [0.29, 0.717) is 35.5 Å². The Hall–Kier alpha value is -5.20. The van der Waals surface area contributed by atoms with E-state index in [4.69, 9.17) is 74.3 Å². The number of carbonyl (C=O) groups is 3. The fraction of sp³-hybridized carbons (Fsp3) is 0.208. The molecule has 16 heteroatoms. The number of hydrogen-bond donors (Lipinski definition) is 1. The van der Waals surface area contributed by atoms with Crippen LogP contribution in [-0.2, 0) is 17.2 Å². The van der Waals surface area contributed by atoms with Gasteiger partial charge in [-0.05, 0) is 103 Å². The fourth-order valence-electron chi connectivity index (χ4n) is 6.41. The van der Waals surface area contributed by atoms with Gasteiger partial charge in [0, 0.05) is 73.4 Å². The molecular weight excluding hydrogens is 937 g/mol. The summed E-state index contributed by atoms with van der Waals surface area (Å²) in [5.41, 5.74) is 7.16. The molecule has 10 nitrogen and oxygen atoms in total. The number of Topliss-reactive ketones (excluding diaryl/α,β-unsaturated/α-hetero) is 1. The van der Waals surface area contributed by atoms with Crippen molar-refractivity contribution < 1.29 is 19.1 Å². The Kier molecular flexibility index (Phi) is 16.3. The zero-order valence-electron chi connectivity index (χ0n) is 34.9. The number of anilines is 3. The second-order valence-corrected chi connectivity index (χ2v) is 19.4. The van der Waals surface area contributed by atoms with Crippen molar-refractivity contribution in [2.75, 3.05) is 42.8 Å². The minimum atomic E-state index is -2.00. The molecule has 64 heavy (non-hydrogen) atoms. The molecule has 1 aromatic heterocycles. The van der Waals surface area contributed by atoms with Crippen LogP contribution in [-0.4, -0.2) is 60.3 Å². The van der Waals surface area contributed by atoms with Crippen LogP contribution in [0.25, 0.3) is 23.5 Å². The zero-order valence-corrected chi connectivity index (χ0v) is 39.4. The van der Waals surface area contributed by atoms with Crippen molar-refractivity contribution >= 4 is 116 Å². The van der Waals surface area contributed by atoms with Gasteiger partial charge in [-0.3, -0.25) is 14.4 Å². The van der Waals surface area contributed by atoms with Crippen LogP contribution in [0.1, 0.15) is 58.8 Å². The lowest BCUT2D eigenvalue weighted by Gasteiger charge is -2.19. The first kappa shape index (κ1) is 48.3. The Labute approximate surface area is 402 Å². The quantitative estimate of drug-likeness (QED) is 0.0502. The van der Waals surface area contributed by atoms with E-state index < -0.39 is 7.59 Å². The van der Waals surface area contributed by atoms with Gasteiger partial charge in [0.15, 0.2) is 23.3 Å². The van der Waals surface area contributed by atoms with E-state index in [-0.39, 0.29) is 41.6 Å². The monoisotopic (exact) mass is 976 g/mol. The molecule has 4 aromatic carbocycles. The van der Waals surface area contributed by atoms with Gasteiger partial charge in [-0.1, -0.05) is 130 Å². The van der Waals surface area contributed by atoms with Crippen LogP contribution in [0.5, 0.6) is 5.75 Å². The lowest BCUT2D eigenvalue weighted by Crippen LogP contribution is -2.20. The third kappa shape index (κ3) is 13.7. The van der Waals surface area contributed by atoms with Crippen LogP contribution in [0.15, 0.2) is 133 Å². The van der Waals surface area contributed by atoms with Gasteiger partial charge in [-0.15, -0.1) is 0 Å². The molecule has 1 aliphatic carbocycles. The summed E-state index contributed by atoms with van der Waals surface area (Å²) in [5, 5.41) is 2.80. The molecule has 0 saturated heterocycles. The van der Waals surface area contributed by atoms with E-state index in [1.54, 1.807) is 48.5 Å². The molecule has 0 radical (unpaired) electrons. The first-order valence-corrected chi connectivity index (χ1v) is 22.2. The van der Waals surface area contributed by atoms with E-state index in [1.165, 1.54) is 0 Å². The standard InChI is InChI=1S/C48H42Cl6N6O4/c1-59(2)38-24-12-31(13-25-38)7-4-9-33-16-17-34(42(33)62)10-5-8-32-14-26-39(27-15-32)60(3)30-6-11-41(61)64-40-28-20-36(21-29-40)44(63)55-37-22-18-35(19-23-37)43-56-45(47(49,50)51)58-46(57-43)48(52,53)54/h4-5,7-10,12-15,18-29H,6,11,16-17,30H2,1-3H3,(H,55,63)/b7-4+,8-5+,33-9+,34-10+. The number of alkyl halides is 6. The summed E-state index contributed by atoms with van der Waals surface area (Å²) in [5.74, 6) is -0.715. The summed E-state index contributed by atoms with van der Waals surface area (Å²) in [7, 11) is 5.99. The van der Waals surface area contributed by atoms with Crippen LogP contribution in [0, 0.1) is 0 Å². The van der Waals surface area contributed by atoms with Crippen LogP contribution < -0.4 is 19.9 Å². The number of nitrogens with zero attached hydrogens (tertiary/aromatic N) is 5. The molecular formula is C48H42Cl6N6O4. The minimum absolute atomic E-state index is 0.0896. The molecule has 0 aliphatic heterocycles. The third-order valence-electron chi connectivity index (χ3n) is 9.93. The highest BCUT2D eigenvalue weighted by atomic mass is 35.6. The van der Waals surface area contributed by atoms with E-state index in [2.05, 4.69) is 54.3 Å². The lowest BCUT2D eigenvalue weighted by atomic mass is 10.1. The Morgan fingerprint density at radius 3 is 1.70 bits per heavy atom. The number of rotatable bonds is 14. The van der Waals surface area contributed by atoms with Crippen molar-refractivity contribution in [2.45, 2.75) is 33.3 Å². The summed E-state index contributed by atoms with van der Waals surface area (Å²) in [4.78, 5) is 55.1. The first-order chi connectivity index (χ1) is 30.4. The third-order valence-corrected chi connectivity index (χ3v) is 10.9. The number of benzene rings is 4. The van der Waals surface area contributed by atoms with Crippen molar-refractivity contribution in [3.63, 3.8) is 0 Å². The Bertz CT molecular complexity index is 2550. The topological polar surface area (TPSA) is 118 Å². The highest BCUT2D eigenvalue weighted by molar-refractivity contribution is 6.67. The molecule has 1 N–H and O–H groups in total. The maximum absolute atomic E-state index is 13.0. The van der Waals surface area contributed by atoms with E-state index in [0.717, 1.165) is 46.5 Å². The minimum Gasteiger partial charge on any atom is -0.427 e. The molecule has 1 aliphatic rings. The van der Waals surface area contributed by atoms with E-state index in [1.807, 2.05) is 81.9 Å². The number of aromatic nitrogens is 3. The summed E-state index contributed by atoms with van der Waals surface area (Å²) in [6.07, 6.45) is 13.9. The van der Waals surface area contributed by atoms with E-state index >= 15 is 0 Å². The highest BCUT2D eigenvalue weighted by Crippen LogP contribution is 2.41. The average Bonchev–Trinajstić information content (AvgIpc) is 3.61. The SMILES string of the molecule is CN(C)c1ccc(/C=C/C=C2\CC/C(=C\C=C\c3ccc(N(C)CCCC(=O)Oc4ccc(C(=O)Nc5ccc(-c6nc(C(Cl)(Cl)Cl)nc(C(Cl)(Cl)Cl)n6)cc5)cc4)cc3)C2=O)cc1. The normalized spacial score (nSPS) is 14.5. The van der Waals surface area contributed by atoms with Gasteiger partial charge >= 0.3 is 5.97 Å². The highest BCUT2D eigenvalue weighted by Gasteiger charge is 2.34. The number of halogens is 6. The van der Waals surface area contributed by atoms with Gasteiger partial charge in [0.1, 0.15) is 5.75 Å². The Morgan fingerprint density at radius 1 is 0.688 bits per heavy atom. The molecule has 1 heterocycles. The van der Waals surface area contributed by atoms with Crippen LogP contribution in [0.3, 0.4) is 0 Å². The fourth-order valence-corrected chi connectivity index (χ4v) is 6.91. The van der Waals surface area contributed by atoms with Gasteiger partial charge < -0.3 is 19.9 Å². The van der Waals surface area contributed by atoms with Gasteiger partial charge in [-0.25, -0.2) is 15.0 Å². The summed E-state index contributed by atoms with van der Waals surface area (Å²) in [6, 6.07) is 29.1. The molecule has 1 saturated carbocycles. The van der Waals surface area contributed by atoms with Gasteiger partial charge in [-0.2, -0.15) is 0 Å². The molecule has 0 unspecified atom stereocenters. The van der Waals surface area contributed by atoms with Crippen LogP contribution >= 0.6 is 69.6 Å². The second-order valence-electron chi connectivity index (χ2n) is 14.9. The Morgan fingerprint density at radius 2 is 1.20 bits per heavy atom. The summed E-state index contributed by atoms with van der Waals surface area (Å²) < 4.78 is 1.52. The number of ether oxygens (including phenoxy) is 1. The average molecular weight is 980 g/mol. The maximum Gasteiger partial charge on any atom is 0.311 e. The molecule has 1 fully saturated rings. The van der Waals surface area contributed by atoms with Crippen LogP contribution in [0.4, 0.5) is 17.1 Å². The zero-order chi connectivity index (χ0) is 46.0. The van der Waals surface area contributed by atoms with E-state index in [9.17, 15) is 14.4 Å². The molecule has 1 amide bonds. The number of allylic oxidation sites excluding steroid dienone is 6. The van der Waals surface area contributed by atoms with Crippen molar-refractivity contribution in [3.05, 3.63) is 161 Å². The van der Waals surface area contributed by atoms with Crippen LogP contribution in [0.2, 0.25) is 0 Å². The van der Waals surface area contributed by atoms with Gasteiger partial charge in [0.2, 0.25) is 7.59 Å². The molecule has 0 bridgehead atoms. The predicted molar refractivity (Wildman–Crippen MR) is 262 cm³/mol. The number of ketones is 1. The number of amides is 1. The summed E-state index contributed by atoms with van der Waals surface area (Å²) >= 11 is 35.9. The van der Waals surface area contributed by atoms with Gasteiger partial charge in [0.25, 0.3) is 5.91 Å². The molecule has 330 valence electrons.